The minimum absolute atomic E-state index is 0.149. The highest BCUT2D eigenvalue weighted by Crippen LogP contribution is 2.24. The number of H-pyrrole nitrogens is 1. The van der Waals surface area contributed by atoms with Crippen molar-refractivity contribution in [1.29, 1.82) is 0 Å². The number of aryl methyl sites for hydroxylation is 1. The number of pyridine rings is 1. The van der Waals surface area contributed by atoms with E-state index in [0.29, 0.717) is 40.9 Å². The summed E-state index contributed by atoms with van der Waals surface area (Å²) < 4.78 is 5.50. The zero-order valence-electron chi connectivity index (χ0n) is 15.7. The smallest absolute Gasteiger partial charge is 0.258 e. The summed E-state index contributed by atoms with van der Waals surface area (Å²) >= 11 is 1.27. The highest BCUT2D eigenvalue weighted by atomic mass is 32.1. The van der Waals surface area contributed by atoms with Crippen LogP contribution >= 0.6 is 11.3 Å². The minimum Gasteiger partial charge on any atom is -0.492 e. The molecule has 0 bridgehead atoms. The summed E-state index contributed by atoms with van der Waals surface area (Å²) in [7, 11) is 0. The molecule has 3 rings (SSSR count). The van der Waals surface area contributed by atoms with Gasteiger partial charge in [-0.1, -0.05) is 12.1 Å². The first-order valence-electron chi connectivity index (χ1n) is 9.01. The van der Waals surface area contributed by atoms with E-state index in [1.54, 1.807) is 17.5 Å². The summed E-state index contributed by atoms with van der Waals surface area (Å²) in [5, 5.41) is 7.74. The first-order valence-corrected chi connectivity index (χ1v) is 9.89. The van der Waals surface area contributed by atoms with Gasteiger partial charge < -0.3 is 15.0 Å². The molecule has 2 aromatic heterocycles. The summed E-state index contributed by atoms with van der Waals surface area (Å²) in [6.07, 6.45) is 2.03. The lowest BCUT2D eigenvalue weighted by Gasteiger charge is -2.10. The van der Waals surface area contributed by atoms with Gasteiger partial charge in [-0.3, -0.25) is 19.7 Å². The van der Waals surface area contributed by atoms with Crippen molar-refractivity contribution < 1.29 is 14.3 Å². The molecule has 3 aromatic rings. The summed E-state index contributed by atoms with van der Waals surface area (Å²) in [5.74, 6) is 0.112. The molecule has 0 saturated heterocycles. The molecule has 1 aromatic carbocycles. The average Bonchev–Trinajstić information content (AvgIpc) is 3.16. The number of rotatable bonds is 8. The van der Waals surface area contributed by atoms with E-state index in [4.69, 9.17) is 4.74 Å². The zero-order chi connectivity index (χ0) is 20.6. The summed E-state index contributed by atoms with van der Waals surface area (Å²) in [5.41, 5.74) is 1.39. The average molecular weight is 412 g/mol. The normalized spacial score (nSPS) is 10.4. The second kappa shape index (κ2) is 9.65. The fourth-order valence-electron chi connectivity index (χ4n) is 2.51. The third kappa shape index (κ3) is 5.76. The van der Waals surface area contributed by atoms with E-state index in [1.807, 2.05) is 19.1 Å². The van der Waals surface area contributed by atoms with Crippen LogP contribution < -0.4 is 20.9 Å². The van der Waals surface area contributed by atoms with Gasteiger partial charge in [0.25, 0.3) is 5.91 Å². The Morgan fingerprint density at radius 1 is 1.17 bits per heavy atom. The quantitative estimate of drug-likeness (QED) is 0.526. The maximum absolute atomic E-state index is 12.2. The standard InChI is InChI=1S/C20H20N4O4S/c1-2-28-16-6-4-3-5-15(16)23-18(26)10-8-14-12-29-20(22-14)24-19(27)13-7-9-17(25)21-11-13/h3-7,9,11-12H,2,8,10H2,1H3,(H,21,25)(H,23,26)(H,22,24,27). The number of carbonyl (C=O) groups excluding carboxylic acids is 2. The number of nitrogens with one attached hydrogen (secondary N) is 3. The Kier molecular flexibility index (Phi) is 6.75. The molecule has 0 saturated carbocycles. The van der Waals surface area contributed by atoms with Crippen LogP contribution in [0.25, 0.3) is 0 Å². The largest absolute Gasteiger partial charge is 0.492 e. The lowest BCUT2D eigenvalue weighted by Crippen LogP contribution is -2.15. The first kappa shape index (κ1) is 20.3. The van der Waals surface area contributed by atoms with Gasteiger partial charge in [0.05, 0.1) is 23.6 Å². The van der Waals surface area contributed by atoms with Gasteiger partial charge in [-0.05, 0) is 31.5 Å². The number of nitrogens with zero attached hydrogens (tertiary/aromatic N) is 1. The van der Waals surface area contributed by atoms with Gasteiger partial charge in [0, 0.05) is 24.1 Å². The van der Waals surface area contributed by atoms with E-state index in [1.165, 1.54) is 29.7 Å². The third-order valence-electron chi connectivity index (χ3n) is 3.89. The highest BCUT2D eigenvalue weighted by molar-refractivity contribution is 7.14. The Balaban J connectivity index is 1.52. The number of para-hydroxylation sites is 2. The van der Waals surface area contributed by atoms with Gasteiger partial charge in [0.1, 0.15) is 5.75 Å². The van der Waals surface area contributed by atoms with Gasteiger partial charge in [0.2, 0.25) is 11.5 Å². The maximum atomic E-state index is 12.2. The molecule has 0 aliphatic rings. The number of amides is 2. The van der Waals surface area contributed by atoms with Crippen molar-refractivity contribution in [2.24, 2.45) is 0 Å². The van der Waals surface area contributed by atoms with Crippen molar-refractivity contribution in [2.75, 3.05) is 17.2 Å². The van der Waals surface area contributed by atoms with E-state index in [9.17, 15) is 14.4 Å². The molecule has 0 aliphatic carbocycles. The molecule has 0 atom stereocenters. The highest BCUT2D eigenvalue weighted by Gasteiger charge is 2.11. The predicted molar refractivity (Wildman–Crippen MR) is 112 cm³/mol. The summed E-state index contributed by atoms with van der Waals surface area (Å²) in [6.45, 7) is 2.40. The Labute approximate surface area is 171 Å². The van der Waals surface area contributed by atoms with Crippen molar-refractivity contribution in [2.45, 2.75) is 19.8 Å². The first-order chi connectivity index (χ1) is 14.0. The zero-order valence-corrected chi connectivity index (χ0v) is 16.5. The monoisotopic (exact) mass is 412 g/mol. The van der Waals surface area contributed by atoms with Crippen LogP contribution in [-0.4, -0.2) is 28.4 Å². The van der Waals surface area contributed by atoms with Crippen LogP contribution in [0.3, 0.4) is 0 Å². The molecule has 9 heteroatoms. The van der Waals surface area contributed by atoms with Gasteiger partial charge in [0.15, 0.2) is 5.13 Å². The van der Waals surface area contributed by atoms with Gasteiger partial charge in [-0.15, -0.1) is 11.3 Å². The molecular weight excluding hydrogens is 392 g/mol. The second-order valence-corrected chi connectivity index (χ2v) is 6.88. The van der Waals surface area contributed by atoms with Gasteiger partial charge in [-0.25, -0.2) is 4.98 Å². The molecule has 0 aliphatic heterocycles. The molecule has 29 heavy (non-hydrogen) atoms. The van der Waals surface area contributed by atoms with E-state index >= 15 is 0 Å². The predicted octanol–water partition coefficient (Wildman–Crippen LogP) is 3.05. The van der Waals surface area contributed by atoms with Crippen molar-refractivity contribution in [1.82, 2.24) is 9.97 Å². The van der Waals surface area contributed by atoms with Crippen LogP contribution in [0, 0.1) is 0 Å². The number of hydrogen-bond acceptors (Lipinski definition) is 6. The second-order valence-electron chi connectivity index (χ2n) is 6.02. The molecule has 2 amide bonds. The number of aromatic amines is 1. The molecule has 8 nitrogen and oxygen atoms in total. The van der Waals surface area contributed by atoms with Gasteiger partial charge >= 0.3 is 0 Å². The topological polar surface area (TPSA) is 113 Å². The van der Waals surface area contributed by atoms with Crippen LogP contribution in [0.15, 0.2) is 52.8 Å². The Hall–Kier alpha value is -3.46. The van der Waals surface area contributed by atoms with Crippen LogP contribution in [0.1, 0.15) is 29.4 Å². The molecular formula is C20H20N4O4S. The number of anilines is 2. The number of aromatic nitrogens is 2. The SMILES string of the molecule is CCOc1ccccc1NC(=O)CCc1csc(NC(=O)c2ccc(=O)[nH]c2)n1. The molecule has 150 valence electrons. The van der Waals surface area contributed by atoms with Gasteiger partial charge in [-0.2, -0.15) is 0 Å². The minimum atomic E-state index is -0.368. The molecule has 0 spiro atoms. The van der Waals surface area contributed by atoms with E-state index in [-0.39, 0.29) is 23.8 Å². The van der Waals surface area contributed by atoms with Crippen molar-refractivity contribution >= 4 is 34.0 Å². The lowest BCUT2D eigenvalue weighted by atomic mass is 10.2. The molecule has 0 radical (unpaired) electrons. The number of benzene rings is 1. The number of thiazole rings is 1. The van der Waals surface area contributed by atoms with Crippen molar-refractivity contribution in [3.8, 4) is 5.75 Å². The van der Waals surface area contributed by atoms with E-state index in [0.717, 1.165) is 0 Å². The Bertz CT molecular complexity index is 1040. The van der Waals surface area contributed by atoms with Crippen molar-refractivity contribution in [3.63, 3.8) is 0 Å². The fourth-order valence-corrected chi connectivity index (χ4v) is 3.25. The maximum Gasteiger partial charge on any atom is 0.258 e. The van der Waals surface area contributed by atoms with Crippen LogP contribution in [0.2, 0.25) is 0 Å². The van der Waals surface area contributed by atoms with Crippen LogP contribution in [-0.2, 0) is 11.2 Å². The van der Waals surface area contributed by atoms with Crippen molar-refractivity contribution in [3.05, 3.63) is 69.6 Å². The Morgan fingerprint density at radius 3 is 2.76 bits per heavy atom. The fraction of sp³-hybridized carbons (Fsp3) is 0.200. The summed E-state index contributed by atoms with van der Waals surface area (Å²) in [6, 6.07) is 9.99. The number of hydrogen-bond donors (Lipinski definition) is 3. The molecule has 3 N–H and O–H groups in total. The number of carbonyl (C=O) groups is 2. The third-order valence-corrected chi connectivity index (χ3v) is 4.69. The van der Waals surface area contributed by atoms with Crippen LogP contribution in [0.4, 0.5) is 10.8 Å². The van der Waals surface area contributed by atoms with E-state index < -0.39 is 0 Å². The van der Waals surface area contributed by atoms with E-state index in [2.05, 4.69) is 20.6 Å². The molecule has 0 unspecified atom stereocenters. The molecule has 2 heterocycles. The lowest BCUT2D eigenvalue weighted by molar-refractivity contribution is -0.116. The molecule has 0 fully saturated rings. The van der Waals surface area contributed by atoms with Crippen LogP contribution in [0.5, 0.6) is 5.75 Å². The Morgan fingerprint density at radius 2 is 2.00 bits per heavy atom. The number of ether oxygens (including phenoxy) is 1. The summed E-state index contributed by atoms with van der Waals surface area (Å²) in [4.78, 5) is 42.2.